The summed E-state index contributed by atoms with van der Waals surface area (Å²) in [5.74, 6) is 2.77. The number of rotatable bonds is 4. The Balaban J connectivity index is 1.61. The van der Waals surface area contributed by atoms with Gasteiger partial charge in [0.05, 0.1) is 6.26 Å². The van der Waals surface area contributed by atoms with Gasteiger partial charge in [-0.2, -0.15) is 0 Å². The zero-order chi connectivity index (χ0) is 15.5. The molecule has 112 valence electrons. The molecule has 0 aliphatic rings. The average molecular weight is 304 g/mol. The molecule has 0 spiro atoms. The van der Waals surface area contributed by atoms with Crippen LogP contribution < -0.4 is 4.74 Å². The molecule has 0 fully saturated rings. The Bertz CT molecular complexity index is 899. The molecule has 0 aliphatic heterocycles. The molecule has 2 heterocycles. The molecule has 0 saturated carbocycles. The first-order chi connectivity index (χ1) is 11.4. The second-order valence-electron chi connectivity index (χ2n) is 4.83. The maximum absolute atomic E-state index is 5.81. The van der Waals surface area contributed by atoms with Crippen LogP contribution in [0.3, 0.4) is 0 Å². The Labute approximate surface area is 132 Å². The minimum Gasteiger partial charge on any atom is -0.459 e. The second-order valence-corrected chi connectivity index (χ2v) is 4.83. The monoisotopic (exact) mass is 304 g/mol. The lowest BCUT2D eigenvalue weighted by Crippen LogP contribution is -1.85. The molecular formula is C18H12N2O3. The van der Waals surface area contributed by atoms with Gasteiger partial charge in [-0.15, -0.1) is 10.2 Å². The van der Waals surface area contributed by atoms with Gasteiger partial charge in [0.1, 0.15) is 11.5 Å². The fourth-order valence-corrected chi connectivity index (χ4v) is 2.16. The summed E-state index contributed by atoms with van der Waals surface area (Å²) in [6, 6.07) is 20.6. The van der Waals surface area contributed by atoms with E-state index in [1.807, 2.05) is 54.6 Å². The van der Waals surface area contributed by atoms with Crippen LogP contribution >= 0.6 is 0 Å². The molecule has 4 aromatic rings. The lowest BCUT2D eigenvalue weighted by molar-refractivity contribution is 0.482. The van der Waals surface area contributed by atoms with Crippen LogP contribution in [0, 0.1) is 0 Å². The summed E-state index contributed by atoms with van der Waals surface area (Å²) in [6.07, 6.45) is 1.56. The fraction of sp³-hybridized carbons (Fsp3) is 0. The number of hydrogen-bond acceptors (Lipinski definition) is 5. The molecule has 0 unspecified atom stereocenters. The maximum Gasteiger partial charge on any atom is 0.283 e. The van der Waals surface area contributed by atoms with Crippen molar-refractivity contribution in [1.29, 1.82) is 0 Å². The van der Waals surface area contributed by atoms with E-state index in [1.54, 1.807) is 18.4 Å². The Kier molecular flexibility index (Phi) is 3.37. The van der Waals surface area contributed by atoms with Gasteiger partial charge in [-0.05, 0) is 42.5 Å². The van der Waals surface area contributed by atoms with Crippen LogP contribution in [0.5, 0.6) is 11.5 Å². The lowest BCUT2D eigenvalue weighted by atomic mass is 10.2. The highest BCUT2D eigenvalue weighted by Gasteiger charge is 2.13. The van der Waals surface area contributed by atoms with Gasteiger partial charge in [-0.25, -0.2) is 0 Å². The normalized spacial score (nSPS) is 10.6. The van der Waals surface area contributed by atoms with Crippen LogP contribution in [-0.4, -0.2) is 10.2 Å². The first kappa shape index (κ1) is 13.3. The largest absolute Gasteiger partial charge is 0.459 e. The van der Waals surface area contributed by atoms with Crippen molar-refractivity contribution >= 4 is 0 Å². The molecule has 2 aromatic carbocycles. The van der Waals surface area contributed by atoms with Gasteiger partial charge in [-0.3, -0.25) is 0 Å². The van der Waals surface area contributed by atoms with Crippen molar-refractivity contribution < 1.29 is 13.6 Å². The van der Waals surface area contributed by atoms with E-state index in [9.17, 15) is 0 Å². The van der Waals surface area contributed by atoms with Gasteiger partial charge in [0.25, 0.3) is 5.89 Å². The van der Waals surface area contributed by atoms with Gasteiger partial charge in [0.2, 0.25) is 5.89 Å². The summed E-state index contributed by atoms with van der Waals surface area (Å²) in [6.45, 7) is 0. The number of nitrogens with zero attached hydrogens (tertiary/aromatic N) is 2. The summed E-state index contributed by atoms with van der Waals surface area (Å²) in [4.78, 5) is 0. The van der Waals surface area contributed by atoms with E-state index < -0.39 is 0 Å². The SMILES string of the molecule is c1ccc(Oc2cccc(-c3nnc(-c4ccco4)o3)c2)cc1. The number of aromatic nitrogens is 2. The molecule has 0 bridgehead atoms. The van der Waals surface area contributed by atoms with Crippen molar-refractivity contribution in [2.45, 2.75) is 0 Å². The third-order valence-corrected chi connectivity index (χ3v) is 3.22. The molecule has 0 atom stereocenters. The fourth-order valence-electron chi connectivity index (χ4n) is 2.16. The Morgan fingerprint density at radius 3 is 2.39 bits per heavy atom. The third-order valence-electron chi connectivity index (χ3n) is 3.22. The van der Waals surface area contributed by atoms with E-state index >= 15 is 0 Å². The van der Waals surface area contributed by atoms with Crippen LogP contribution in [0.1, 0.15) is 0 Å². The number of para-hydroxylation sites is 1. The standard InChI is InChI=1S/C18H12N2O3/c1-2-7-14(8-3-1)22-15-9-4-6-13(12-15)17-19-20-18(23-17)16-10-5-11-21-16/h1-12H. The third kappa shape index (κ3) is 2.85. The summed E-state index contributed by atoms with van der Waals surface area (Å²) in [7, 11) is 0. The summed E-state index contributed by atoms with van der Waals surface area (Å²) in [5, 5.41) is 8.06. The van der Waals surface area contributed by atoms with Gasteiger partial charge < -0.3 is 13.6 Å². The van der Waals surface area contributed by atoms with Crippen LogP contribution in [-0.2, 0) is 0 Å². The predicted molar refractivity (Wildman–Crippen MR) is 84.0 cm³/mol. The van der Waals surface area contributed by atoms with E-state index in [-0.39, 0.29) is 0 Å². The van der Waals surface area contributed by atoms with Gasteiger partial charge in [0.15, 0.2) is 5.76 Å². The van der Waals surface area contributed by atoms with Gasteiger partial charge >= 0.3 is 0 Å². The molecule has 23 heavy (non-hydrogen) atoms. The molecule has 2 aromatic heterocycles. The van der Waals surface area contributed by atoms with Gasteiger partial charge in [0, 0.05) is 5.56 Å². The Morgan fingerprint density at radius 1 is 0.739 bits per heavy atom. The summed E-state index contributed by atoms with van der Waals surface area (Å²) in [5.41, 5.74) is 0.781. The van der Waals surface area contributed by atoms with Gasteiger partial charge in [-0.1, -0.05) is 24.3 Å². The van der Waals surface area contributed by atoms with E-state index in [4.69, 9.17) is 13.6 Å². The molecule has 4 rings (SSSR count). The summed E-state index contributed by atoms with van der Waals surface area (Å²) >= 11 is 0. The average Bonchev–Trinajstić information content (AvgIpc) is 3.28. The van der Waals surface area contributed by atoms with Crippen molar-refractivity contribution in [3.8, 4) is 34.6 Å². The topological polar surface area (TPSA) is 61.3 Å². The molecule has 0 aliphatic carbocycles. The molecule has 5 nitrogen and oxygen atoms in total. The second kappa shape index (κ2) is 5.81. The first-order valence-electron chi connectivity index (χ1n) is 7.09. The van der Waals surface area contributed by atoms with E-state index in [0.717, 1.165) is 11.3 Å². The Morgan fingerprint density at radius 2 is 1.57 bits per heavy atom. The molecule has 0 N–H and O–H groups in total. The quantitative estimate of drug-likeness (QED) is 0.542. The van der Waals surface area contributed by atoms with Crippen LogP contribution in [0.4, 0.5) is 0 Å². The lowest BCUT2D eigenvalue weighted by Gasteiger charge is -2.05. The van der Waals surface area contributed by atoms with Crippen LogP contribution in [0.25, 0.3) is 23.1 Å². The number of furan rings is 1. The van der Waals surface area contributed by atoms with E-state index in [2.05, 4.69) is 10.2 Å². The van der Waals surface area contributed by atoms with Crippen LogP contribution in [0.15, 0.2) is 81.8 Å². The molecule has 0 saturated heterocycles. The van der Waals surface area contributed by atoms with Crippen molar-refractivity contribution in [2.24, 2.45) is 0 Å². The Hall–Kier alpha value is -3.34. The highest BCUT2D eigenvalue weighted by Crippen LogP contribution is 2.28. The number of benzene rings is 2. The minimum atomic E-state index is 0.347. The molecular weight excluding hydrogens is 292 g/mol. The summed E-state index contributed by atoms with van der Waals surface area (Å²) < 4.78 is 16.7. The zero-order valence-corrected chi connectivity index (χ0v) is 12.0. The predicted octanol–water partition coefficient (Wildman–Crippen LogP) is 4.79. The first-order valence-corrected chi connectivity index (χ1v) is 7.09. The van der Waals surface area contributed by atoms with E-state index in [0.29, 0.717) is 23.3 Å². The van der Waals surface area contributed by atoms with Crippen molar-refractivity contribution in [3.63, 3.8) is 0 Å². The molecule has 0 radical (unpaired) electrons. The smallest absolute Gasteiger partial charge is 0.283 e. The number of hydrogen-bond donors (Lipinski definition) is 0. The molecule has 5 heteroatoms. The highest BCUT2D eigenvalue weighted by molar-refractivity contribution is 5.57. The van der Waals surface area contributed by atoms with Crippen LogP contribution in [0.2, 0.25) is 0 Å². The molecule has 0 amide bonds. The zero-order valence-electron chi connectivity index (χ0n) is 12.0. The minimum absolute atomic E-state index is 0.347. The van der Waals surface area contributed by atoms with E-state index in [1.165, 1.54) is 0 Å². The van der Waals surface area contributed by atoms with Crippen molar-refractivity contribution in [3.05, 3.63) is 73.0 Å². The van der Waals surface area contributed by atoms with Crippen molar-refractivity contribution in [2.75, 3.05) is 0 Å². The number of ether oxygens (including phenoxy) is 1. The maximum atomic E-state index is 5.81. The highest BCUT2D eigenvalue weighted by atomic mass is 16.5. The van der Waals surface area contributed by atoms with Crippen molar-refractivity contribution in [1.82, 2.24) is 10.2 Å².